The van der Waals surface area contributed by atoms with Crippen LogP contribution in [0.5, 0.6) is 5.75 Å². The van der Waals surface area contributed by atoms with Crippen molar-refractivity contribution < 1.29 is 27.6 Å². The number of halogens is 2. The molecule has 2 amide bonds. The number of anilines is 3. The van der Waals surface area contributed by atoms with Crippen LogP contribution in [0.3, 0.4) is 0 Å². The van der Waals surface area contributed by atoms with Crippen molar-refractivity contribution in [1.29, 1.82) is 0 Å². The Balaban J connectivity index is 1.63. The molecule has 174 valence electrons. The first-order valence-corrected chi connectivity index (χ1v) is 10.4. The van der Waals surface area contributed by atoms with Crippen molar-refractivity contribution in [2.24, 2.45) is 0 Å². The topological polar surface area (TPSA) is 145 Å². The molecule has 4 N–H and O–H groups in total. The number of nitrogens with two attached hydrogens (primary N) is 1. The average Bonchev–Trinajstić information content (AvgIpc) is 3.41. The van der Waals surface area contributed by atoms with Crippen molar-refractivity contribution in [3.8, 4) is 27.9 Å². The third-order valence-electron chi connectivity index (χ3n) is 4.43. The lowest BCUT2D eigenvalue weighted by Gasteiger charge is -2.09. The van der Waals surface area contributed by atoms with Crippen molar-refractivity contribution in [3.05, 3.63) is 53.6 Å². The van der Waals surface area contributed by atoms with E-state index < -0.39 is 17.5 Å². The van der Waals surface area contributed by atoms with Crippen LogP contribution in [0.2, 0.25) is 0 Å². The fraction of sp³-hybridized carbons (Fsp3) is 0.0952. The second kappa shape index (κ2) is 9.23. The number of methoxy groups -OCH3 is 1. The molecule has 0 spiro atoms. The standard InChI is InChI=1S/C21H16F2N6O4S/c1-9(30)25-21-27-17(24)16(34-21)20-28-18(29-33-20)12-7-15(14(23)8-13(12)22)26-19(31)10-4-3-5-11(6-10)32-2/h3-8H,24H2,1-2H3,(H,26,31)(H,25,27,30). The second-order valence-corrected chi connectivity index (χ2v) is 7.83. The van der Waals surface area contributed by atoms with E-state index in [1.807, 2.05) is 0 Å². The van der Waals surface area contributed by atoms with Gasteiger partial charge in [0.1, 0.15) is 28.1 Å². The molecule has 0 aliphatic carbocycles. The molecule has 2 heterocycles. The molecule has 10 nitrogen and oxygen atoms in total. The number of amides is 2. The molecule has 0 aliphatic heterocycles. The number of thiazole rings is 1. The maximum atomic E-state index is 14.5. The van der Waals surface area contributed by atoms with E-state index in [4.69, 9.17) is 15.0 Å². The molecule has 2 aromatic heterocycles. The highest BCUT2D eigenvalue weighted by atomic mass is 32.1. The molecular weight excluding hydrogens is 470 g/mol. The van der Waals surface area contributed by atoms with E-state index in [-0.39, 0.29) is 50.3 Å². The lowest BCUT2D eigenvalue weighted by atomic mass is 10.1. The van der Waals surface area contributed by atoms with Crippen molar-refractivity contribution in [1.82, 2.24) is 15.1 Å². The van der Waals surface area contributed by atoms with Crippen LogP contribution in [0.25, 0.3) is 22.2 Å². The number of aromatic nitrogens is 3. The number of benzene rings is 2. The van der Waals surface area contributed by atoms with Gasteiger partial charge in [0, 0.05) is 18.6 Å². The Morgan fingerprint density at radius 2 is 1.91 bits per heavy atom. The summed E-state index contributed by atoms with van der Waals surface area (Å²) in [5, 5.41) is 8.82. The van der Waals surface area contributed by atoms with Crippen LogP contribution < -0.4 is 21.1 Å². The highest BCUT2D eigenvalue weighted by Gasteiger charge is 2.22. The Morgan fingerprint density at radius 3 is 2.65 bits per heavy atom. The molecule has 4 aromatic rings. The van der Waals surface area contributed by atoms with E-state index in [0.717, 1.165) is 17.4 Å². The van der Waals surface area contributed by atoms with Crippen LogP contribution in [0.15, 0.2) is 40.9 Å². The molecule has 4 rings (SSSR count). The summed E-state index contributed by atoms with van der Waals surface area (Å²) < 4.78 is 39.2. The summed E-state index contributed by atoms with van der Waals surface area (Å²) >= 11 is 0.983. The highest BCUT2D eigenvalue weighted by molar-refractivity contribution is 7.19. The summed E-state index contributed by atoms with van der Waals surface area (Å²) in [7, 11) is 1.45. The lowest BCUT2D eigenvalue weighted by Crippen LogP contribution is -2.13. The van der Waals surface area contributed by atoms with Gasteiger partial charge >= 0.3 is 0 Å². The van der Waals surface area contributed by atoms with Gasteiger partial charge in [-0.3, -0.25) is 9.59 Å². The summed E-state index contributed by atoms with van der Waals surface area (Å²) in [6.07, 6.45) is 0. The zero-order chi connectivity index (χ0) is 24.4. The molecule has 0 atom stereocenters. The third kappa shape index (κ3) is 4.68. The Morgan fingerprint density at radius 1 is 1.12 bits per heavy atom. The van der Waals surface area contributed by atoms with Gasteiger partial charge in [-0.25, -0.2) is 13.8 Å². The van der Waals surface area contributed by atoms with Crippen molar-refractivity contribution in [2.75, 3.05) is 23.5 Å². The Bertz CT molecular complexity index is 1400. The molecule has 0 aliphatic rings. The number of carbonyl (C=O) groups excluding carboxylic acids is 2. The zero-order valence-electron chi connectivity index (χ0n) is 17.7. The van der Waals surface area contributed by atoms with Gasteiger partial charge < -0.3 is 25.6 Å². The number of ether oxygens (including phenoxy) is 1. The maximum Gasteiger partial charge on any atom is 0.272 e. The van der Waals surface area contributed by atoms with Crippen LogP contribution in [-0.2, 0) is 4.79 Å². The number of hydrogen-bond acceptors (Lipinski definition) is 9. The SMILES string of the molecule is COc1cccc(C(=O)Nc2cc(-c3noc(-c4sc(NC(C)=O)nc4N)n3)c(F)cc2F)c1. The van der Waals surface area contributed by atoms with Gasteiger partial charge in [-0.2, -0.15) is 4.98 Å². The fourth-order valence-electron chi connectivity index (χ4n) is 2.89. The van der Waals surface area contributed by atoms with Crippen LogP contribution in [-0.4, -0.2) is 34.0 Å². The summed E-state index contributed by atoms with van der Waals surface area (Å²) in [4.78, 5) is 32.1. The number of nitrogens with zero attached hydrogens (tertiary/aromatic N) is 3. The van der Waals surface area contributed by atoms with E-state index >= 15 is 0 Å². The second-order valence-electron chi connectivity index (χ2n) is 6.84. The summed E-state index contributed by atoms with van der Waals surface area (Å²) in [6.45, 7) is 1.31. The lowest BCUT2D eigenvalue weighted by molar-refractivity contribution is -0.114. The van der Waals surface area contributed by atoms with Gasteiger partial charge in [0.15, 0.2) is 5.13 Å². The Labute approximate surface area is 194 Å². The maximum absolute atomic E-state index is 14.5. The minimum Gasteiger partial charge on any atom is -0.497 e. The van der Waals surface area contributed by atoms with Gasteiger partial charge in [-0.1, -0.05) is 22.6 Å². The molecule has 0 fully saturated rings. The predicted octanol–water partition coefficient (Wildman–Crippen LogP) is 3.94. The largest absolute Gasteiger partial charge is 0.497 e. The van der Waals surface area contributed by atoms with E-state index in [9.17, 15) is 18.4 Å². The third-order valence-corrected chi connectivity index (χ3v) is 5.41. The molecule has 0 saturated heterocycles. The van der Waals surface area contributed by atoms with E-state index in [1.165, 1.54) is 26.2 Å². The average molecular weight is 486 g/mol. The first-order chi connectivity index (χ1) is 16.2. The summed E-state index contributed by atoms with van der Waals surface area (Å²) in [5.74, 6) is -2.76. The van der Waals surface area contributed by atoms with Crippen LogP contribution in [0.4, 0.5) is 25.4 Å². The number of nitrogens with one attached hydrogen (secondary N) is 2. The number of nitrogen functional groups attached to an aromatic ring is 1. The van der Waals surface area contributed by atoms with Crippen molar-refractivity contribution in [2.45, 2.75) is 6.92 Å². The van der Waals surface area contributed by atoms with Gasteiger partial charge in [0.05, 0.1) is 18.4 Å². The predicted molar refractivity (Wildman–Crippen MR) is 120 cm³/mol. The Kier molecular flexibility index (Phi) is 6.19. The molecular formula is C21H16F2N6O4S. The van der Waals surface area contributed by atoms with Crippen LogP contribution in [0.1, 0.15) is 17.3 Å². The Hall–Kier alpha value is -4.39. The normalized spacial score (nSPS) is 10.7. The van der Waals surface area contributed by atoms with Crippen LogP contribution >= 0.6 is 11.3 Å². The minimum absolute atomic E-state index is 0.0229. The van der Waals surface area contributed by atoms with Gasteiger partial charge in [0.2, 0.25) is 11.7 Å². The van der Waals surface area contributed by atoms with Gasteiger partial charge in [-0.15, -0.1) is 0 Å². The molecule has 2 aromatic carbocycles. The fourth-order valence-corrected chi connectivity index (χ4v) is 3.74. The van der Waals surface area contributed by atoms with E-state index in [2.05, 4.69) is 25.8 Å². The van der Waals surface area contributed by atoms with Crippen molar-refractivity contribution >= 4 is 39.8 Å². The molecule has 0 saturated carbocycles. The molecule has 13 heteroatoms. The smallest absolute Gasteiger partial charge is 0.272 e. The molecule has 34 heavy (non-hydrogen) atoms. The zero-order valence-corrected chi connectivity index (χ0v) is 18.5. The number of hydrogen-bond donors (Lipinski definition) is 3. The van der Waals surface area contributed by atoms with Crippen molar-refractivity contribution in [3.63, 3.8) is 0 Å². The number of rotatable bonds is 6. The highest BCUT2D eigenvalue weighted by Crippen LogP contribution is 2.35. The number of carbonyl (C=O) groups is 2. The molecule has 0 unspecified atom stereocenters. The monoisotopic (exact) mass is 486 g/mol. The first-order valence-electron chi connectivity index (χ1n) is 9.58. The molecule has 0 radical (unpaired) electrons. The van der Waals surface area contributed by atoms with E-state index in [0.29, 0.717) is 11.8 Å². The van der Waals surface area contributed by atoms with Gasteiger partial charge in [0.25, 0.3) is 11.8 Å². The van der Waals surface area contributed by atoms with E-state index in [1.54, 1.807) is 12.1 Å². The quantitative estimate of drug-likeness (QED) is 0.372. The summed E-state index contributed by atoms with van der Waals surface area (Å²) in [6, 6.07) is 7.89. The first kappa shape index (κ1) is 22.8. The molecule has 0 bridgehead atoms. The summed E-state index contributed by atoms with van der Waals surface area (Å²) in [5.41, 5.74) is 5.54. The van der Waals surface area contributed by atoms with Crippen LogP contribution in [0, 0.1) is 11.6 Å². The minimum atomic E-state index is -0.993. The van der Waals surface area contributed by atoms with Gasteiger partial charge in [-0.05, 0) is 24.3 Å².